The van der Waals surface area contributed by atoms with Crippen LogP contribution in [0.25, 0.3) is 22.0 Å². The topological polar surface area (TPSA) is 76.1 Å². The van der Waals surface area contributed by atoms with Gasteiger partial charge >= 0.3 is 6.18 Å². The third kappa shape index (κ3) is 4.91. The highest BCUT2D eigenvalue weighted by atomic mass is 19.4. The van der Waals surface area contributed by atoms with Crippen molar-refractivity contribution in [2.45, 2.75) is 43.9 Å². The second-order valence-corrected chi connectivity index (χ2v) is 8.55. The molecule has 1 saturated heterocycles. The van der Waals surface area contributed by atoms with E-state index in [0.717, 1.165) is 68.7 Å². The lowest BCUT2D eigenvalue weighted by molar-refractivity contribution is -0.144. The second kappa shape index (κ2) is 9.18. The molecule has 174 valence electrons. The molecule has 1 aliphatic carbocycles. The summed E-state index contributed by atoms with van der Waals surface area (Å²) in [4.78, 5) is 18.3. The fraction of sp³-hybridized carbons (Fsp3) is 0.478. The Kier molecular flexibility index (Phi) is 6.11. The van der Waals surface area contributed by atoms with E-state index in [2.05, 4.69) is 30.2 Å². The summed E-state index contributed by atoms with van der Waals surface area (Å²) >= 11 is 0. The van der Waals surface area contributed by atoms with Crippen LogP contribution in [0.3, 0.4) is 0 Å². The Hall–Kier alpha value is -2.85. The molecule has 5 rings (SSSR count). The Labute approximate surface area is 189 Å². The van der Waals surface area contributed by atoms with E-state index in [9.17, 15) is 13.2 Å². The van der Waals surface area contributed by atoms with Crippen molar-refractivity contribution in [2.75, 3.05) is 31.6 Å². The van der Waals surface area contributed by atoms with Gasteiger partial charge in [0.1, 0.15) is 12.1 Å². The fourth-order valence-corrected chi connectivity index (χ4v) is 4.70. The lowest BCUT2D eigenvalue weighted by atomic mass is 9.90. The van der Waals surface area contributed by atoms with Crippen molar-refractivity contribution in [1.29, 1.82) is 0 Å². The standard InChI is InChI=1S/C23H25F3N6O/c24-23(25,26)22-27-12-16(13-28-22)15-1-6-20-19(11-15)21(30-14-29-20)31-17-2-4-18(5-3-17)32-7-9-33-10-8-32/h1,6,11-14,17-18H,2-5,7-10H2,(H,29,30,31)/t17-,18+. The van der Waals surface area contributed by atoms with Gasteiger partial charge in [-0.3, -0.25) is 4.90 Å². The first kappa shape index (κ1) is 22.0. The summed E-state index contributed by atoms with van der Waals surface area (Å²) in [5, 5.41) is 4.40. The van der Waals surface area contributed by atoms with Gasteiger partial charge in [0.15, 0.2) is 0 Å². The first-order valence-electron chi connectivity index (χ1n) is 11.2. The van der Waals surface area contributed by atoms with Crippen LogP contribution in [0, 0.1) is 0 Å². The summed E-state index contributed by atoms with van der Waals surface area (Å²) < 4.78 is 43.8. The number of alkyl halides is 3. The molecule has 0 amide bonds. The van der Waals surface area contributed by atoms with Gasteiger partial charge in [0.25, 0.3) is 0 Å². The maximum absolute atomic E-state index is 12.8. The molecule has 3 aromatic rings. The molecule has 3 heterocycles. The molecule has 10 heteroatoms. The van der Waals surface area contributed by atoms with Crippen molar-refractivity contribution in [3.63, 3.8) is 0 Å². The predicted octanol–water partition coefficient (Wildman–Crippen LogP) is 4.16. The van der Waals surface area contributed by atoms with Gasteiger partial charge < -0.3 is 10.1 Å². The summed E-state index contributed by atoms with van der Waals surface area (Å²) in [6, 6.07) is 6.45. The number of nitrogens with zero attached hydrogens (tertiary/aromatic N) is 5. The third-order valence-electron chi connectivity index (χ3n) is 6.47. The van der Waals surface area contributed by atoms with E-state index in [0.29, 0.717) is 23.2 Å². The van der Waals surface area contributed by atoms with Crippen LogP contribution in [0.1, 0.15) is 31.5 Å². The van der Waals surface area contributed by atoms with Gasteiger partial charge in [-0.15, -0.1) is 0 Å². The number of ether oxygens (including phenoxy) is 1. The average Bonchev–Trinajstić information content (AvgIpc) is 2.85. The Balaban J connectivity index is 1.32. The zero-order valence-corrected chi connectivity index (χ0v) is 18.1. The van der Waals surface area contributed by atoms with E-state index >= 15 is 0 Å². The van der Waals surface area contributed by atoms with Gasteiger partial charge in [-0.1, -0.05) is 6.07 Å². The Bertz CT molecular complexity index is 1090. The highest BCUT2D eigenvalue weighted by Crippen LogP contribution is 2.31. The molecule has 33 heavy (non-hydrogen) atoms. The SMILES string of the molecule is FC(F)(F)c1ncc(-c2ccc3ncnc(N[C@H]4CC[C@@H](N5CCOCC5)CC4)c3c2)cn1. The molecule has 0 bridgehead atoms. The van der Waals surface area contributed by atoms with Gasteiger partial charge in [-0.2, -0.15) is 13.2 Å². The molecule has 0 spiro atoms. The van der Waals surface area contributed by atoms with Crippen LogP contribution in [0.15, 0.2) is 36.9 Å². The number of aromatic nitrogens is 4. The van der Waals surface area contributed by atoms with Crippen LogP contribution in [0.4, 0.5) is 19.0 Å². The Morgan fingerprint density at radius 3 is 2.33 bits per heavy atom. The van der Waals surface area contributed by atoms with E-state index in [1.807, 2.05) is 12.1 Å². The lowest BCUT2D eigenvalue weighted by Gasteiger charge is -2.39. The molecule has 0 radical (unpaired) electrons. The van der Waals surface area contributed by atoms with Gasteiger partial charge in [-0.05, 0) is 43.4 Å². The molecule has 1 N–H and O–H groups in total. The predicted molar refractivity (Wildman–Crippen MR) is 118 cm³/mol. The van der Waals surface area contributed by atoms with Gasteiger partial charge in [0, 0.05) is 48.5 Å². The molecular formula is C23H25F3N6O. The van der Waals surface area contributed by atoms with Crippen molar-refractivity contribution in [3.05, 3.63) is 42.7 Å². The van der Waals surface area contributed by atoms with Crippen LogP contribution in [-0.2, 0) is 10.9 Å². The van der Waals surface area contributed by atoms with Crippen LogP contribution in [0.2, 0.25) is 0 Å². The first-order valence-corrected chi connectivity index (χ1v) is 11.2. The van der Waals surface area contributed by atoms with Crippen LogP contribution in [-0.4, -0.2) is 63.2 Å². The molecule has 2 aliphatic rings. The second-order valence-electron chi connectivity index (χ2n) is 8.55. The number of benzene rings is 1. The van der Waals surface area contributed by atoms with Crippen molar-refractivity contribution < 1.29 is 17.9 Å². The minimum Gasteiger partial charge on any atom is -0.379 e. The van der Waals surface area contributed by atoms with E-state index in [1.54, 1.807) is 6.07 Å². The number of halogens is 3. The minimum atomic E-state index is -4.56. The molecule has 0 atom stereocenters. The van der Waals surface area contributed by atoms with E-state index in [-0.39, 0.29) is 0 Å². The molecule has 2 aromatic heterocycles. The number of nitrogens with one attached hydrogen (secondary N) is 1. The molecule has 7 nitrogen and oxygen atoms in total. The smallest absolute Gasteiger partial charge is 0.379 e. The lowest BCUT2D eigenvalue weighted by Crippen LogP contribution is -2.46. The maximum Gasteiger partial charge on any atom is 0.451 e. The van der Waals surface area contributed by atoms with Crippen molar-refractivity contribution in [2.24, 2.45) is 0 Å². The summed E-state index contributed by atoms with van der Waals surface area (Å²) in [5.74, 6) is -0.407. The van der Waals surface area contributed by atoms with E-state index < -0.39 is 12.0 Å². The van der Waals surface area contributed by atoms with Gasteiger partial charge in [0.2, 0.25) is 5.82 Å². The zero-order valence-electron chi connectivity index (χ0n) is 18.1. The number of morpholine rings is 1. The molecule has 1 aromatic carbocycles. The third-order valence-corrected chi connectivity index (χ3v) is 6.47. The molecular weight excluding hydrogens is 433 g/mol. The number of anilines is 1. The molecule has 1 saturated carbocycles. The van der Waals surface area contributed by atoms with Crippen molar-refractivity contribution in [3.8, 4) is 11.1 Å². The molecule has 0 unspecified atom stereocenters. The van der Waals surface area contributed by atoms with E-state index in [1.165, 1.54) is 18.7 Å². The van der Waals surface area contributed by atoms with Crippen LogP contribution < -0.4 is 5.32 Å². The maximum atomic E-state index is 12.8. The number of fused-ring (bicyclic) bond motifs is 1. The highest BCUT2D eigenvalue weighted by molar-refractivity contribution is 5.92. The van der Waals surface area contributed by atoms with E-state index in [4.69, 9.17) is 4.74 Å². The first-order chi connectivity index (χ1) is 16.0. The fourth-order valence-electron chi connectivity index (χ4n) is 4.70. The number of hydrogen-bond acceptors (Lipinski definition) is 7. The average molecular weight is 458 g/mol. The van der Waals surface area contributed by atoms with Crippen molar-refractivity contribution in [1.82, 2.24) is 24.8 Å². The van der Waals surface area contributed by atoms with Gasteiger partial charge in [0.05, 0.1) is 18.7 Å². The van der Waals surface area contributed by atoms with Crippen LogP contribution in [0.5, 0.6) is 0 Å². The Morgan fingerprint density at radius 2 is 1.64 bits per heavy atom. The minimum absolute atomic E-state index is 0.318. The van der Waals surface area contributed by atoms with Crippen LogP contribution >= 0.6 is 0 Å². The van der Waals surface area contributed by atoms with Crippen molar-refractivity contribution >= 4 is 16.7 Å². The number of rotatable bonds is 4. The summed E-state index contributed by atoms with van der Waals surface area (Å²) in [7, 11) is 0. The normalized spacial score (nSPS) is 22.4. The molecule has 1 aliphatic heterocycles. The number of hydrogen-bond donors (Lipinski definition) is 1. The monoisotopic (exact) mass is 458 g/mol. The summed E-state index contributed by atoms with van der Waals surface area (Å²) in [6.07, 6.45) is 3.74. The Morgan fingerprint density at radius 1 is 0.909 bits per heavy atom. The van der Waals surface area contributed by atoms with Gasteiger partial charge in [-0.25, -0.2) is 19.9 Å². The highest BCUT2D eigenvalue weighted by Gasteiger charge is 2.34. The zero-order chi connectivity index (χ0) is 22.8. The molecule has 2 fully saturated rings. The summed E-state index contributed by atoms with van der Waals surface area (Å²) in [6.45, 7) is 3.65. The largest absolute Gasteiger partial charge is 0.451 e. The summed E-state index contributed by atoms with van der Waals surface area (Å²) in [5.41, 5.74) is 1.99. The quantitative estimate of drug-likeness (QED) is 0.629.